The minimum atomic E-state index is -0.920. The summed E-state index contributed by atoms with van der Waals surface area (Å²) in [5, 5.41) is 20.0. The van der Waals surface area contributed by atoms with E-state index in [2.05, 4.69) is 34.5 Å². The molecule has 0 saturated heterocycles. The van der Waals surface area contributed by atoms with Gasteiger partial charge in [-0.25, -0.2) is 5.01 Å². The van der Waals surface area contributed by atoms with Crippen LogP contribution in [0.3, 0.4) is 0 Å². The standard InChI is InChI=1S/C25H31ClN4O3/c1-15-5-10-20-19(27-14-25(2,3)32)13-23(26)29-30(20)21(11-15)18-9-6-16(12-22(18)33-4)24(31)28-17-7-8-17/h6,9-12,15,17,32H,5,7-8,13-14H2,1-4H3,(H,28,31). The Bertz CT molecular complexity index is 1060. The second-order valence-electron chi connectivity index (χ2n) is 9.56. The largest absolute Gasteiger partial charge is 0.496 e. The molecule has 2 heterocycles. The van der Waals surface area contributed by atoms with Gasteiger partial charge in [-0.15, -0.1) is 0 Å². The van der Waals surface area contributed by atoms with Crippen LogP contribution in [0, 0.1) is 5.92 Å². The number of aliphatic hydroxyl groups is 1. The van der Waals surface area contributed by atoms with Gasteiger partial charge in [0.05, 0.1) is 36.4 Å². The first-order valence-corrected chi connectivity index (χ1v) is 11.7. The molecule has 1 aromatic carbocycles. The lowest BCUT2D eigenvalue weighted by atomic mass is 10.0. The van der Waals surface area contributed by atoms with Gasteiger partial charge in [-0.05, 0) is 57.2 Å². The number of ether oxygens (including phenoxy) is 1. The molecule has 3 aliphatic rings. The number of fused-ring (bicyclic) bond motifs is 1. The number of allylic oxidation sites excluding steroid dienone is 3. The number of benzene rings is 1. The highest BCUT2D eigenvalue weighted by molar-refractivity contribution is 6.67. The molecular weight excluding hydrogens is 440 g/mol. The zero-order chi connectivity index (χ0) is 23.8. The van der Waals surface area contributed by atoms with Crippen LogP contribution in [0.1, 0.15) is 62.4 Å². The number of rotatable bonds is 6. The van der Waals surface area contributed by atoms with E-state index in [0.717, 1.165) is 41.9 Å². The van der Waals surface area contributed by atoms with Crippen LogP contribution in [-0.4, -0.2) is 52.2 Å². The number of hydrogen-bond donors (Lipinski definition) is 2. The number of carbonyl (C=O) groups excluding carboxylic acids is 1. The molecule has 7 nitrogen and oxygen atoms in total. The molecule has 4 rings (SSSR count). The van der Waals surface area contributed by atoms with E-state index in [1.165, 1.54) is 0 Å². The summed E-state index contributed by atoms with van der Waals surface area (Å²) in [7, 11) is 1.60. The van der Waals surface area contributed by atoms with Gasteiger partial charge < -0.3 is 15.2 Å². The van der Waals surface area contributed by atoms with Crippen molar-refractivity contribution in [3.63, 3.8) is 0 Å². The predicted octanol–water partition coefficient (Wildman–Crippen LogP) is 4.32. The van der Waals surface area contributed by atoms with Gasteiger partial charge >= 0.3 is 0 Å². The zero-order valence-corrected chi connectivity index (χ0v) is 20.3. The Morgan fingerprint density at radius 1 is 1.36 bits per heavy atom. The average molecular weight is 471 g/mol. The molecule has 1 aliphatic carbocycles. The normalized spacial score (nSPS) is 22.1. The number of methoxy groups -OCH3 is 1. The lowest BCUT2D eigenvalue weighted by Crippen LogP contribution is -2.30. The van der Waals surface area contributed by atoms with Crippen molar-refractivity contribution in [2.24, 2.45) is 16.0 Å². The summed E-state index contributed by atoms with van der Waals surface area (Å²) in [6, 6.07) is 5.76. The maximum Gasteiger partial charge on any atom is 0.251 e. The Morgan fingerprint density at radius 3 is 2.79 bits per heavy atom. The fraction of sp³-hybridized carbons (Fsp3) is 0.480. The fourth-order valence-electron chi connectivity index (χ4n) is 3.81. The van der Waals surface area contributed by atoms with Crippen LogP contribution in [0.15, 0.2) is 46.1 Å². The van der Waals surface area contributed by atoms with E-state index in [9.17, 15) is 9.90 Å². The van der Waals surface area contributed by atoms with E-state index in [1.54, 1.807) is 32.0 Å². The Hall–Kier alpha value is -2.64. The summed E-state index contributed by atoms with van der Waals surface area (Å²) in [6.07, 6.45) is 7.55. The third kappa shape index (κ3) is 5.65. The predicted molar refractivity (Wildman–Crippen MR) is 132 cm³/mol. The fourth-order valence-corrected chi connectivity index (χ4v) is 4.01. The number of nitrogens with one attached hydrogen (secondary N) is 1. The zero-order valence-electron chi connectivity index (χ0n) is 19.6. The summed E-state index contributed by atoms with van der Waals surface area (Å²) >= 11 is 6.44. The van der Waals surface area contributed by atoms with Crippen LogP contribution in [-0.2, 0) is 0 Å². The van der Waals surface area contributed by atoms with Gasteiger partial charge in [0.25, 0.3) is 5.91 Å². The number of amides is 1. The smallest absolute Gasteiger partial charge is 0.251 e. The molecule has 0 aromatic heterocycles. The molecule has 1 fully saturated rings. The molecule has 1 amide bonds. The molecule has 1 atom stereocenters. The third-order valence-electron chi connectivity index (χ3n) is 5.71. The number of hydrazone groups is 1. The molecular formula is C25H31ClN4O3. The molecule has 1 saturated carbocycles. The number of carbonyl (C=O) groups is 1. The second-order valence-corrected chi connectivity index (χ2v) is 9.99. The van der Waals surface area contributed by atoms with Gasteiger partial charge in [0.2, 0.25) is 0 Å². The van der Waals surface area contributed by atoms with Crippen LogP contribution in [0.2, 0.25) is 0 Å². The molecule has 0 bridgehead atoms. The number of halogens is 1. The van der Waals surface area contributed by atoms with Gasteiger partial charge in [-0.3, -0.25) is 9.79 Å². The van der Waals surface area contributed by atoms with Crippen molar-refractivity contribution in [1.82, 2.24) is 10.3 Å². The van der Waals surface area contributed by atoms with Crippen molar-refractivity contribution in [2.75, 3.05) is 13.7 Å². The lowest BCUT2D eigenvalue weighted by Gasteiger charge is -2.30. The maximum atomic E-state index is 12.5. The van der Waals surface area contributed by atoms with Crippen molar-refractivity contribution in [3.8, 4) is 5.75 Å². The first-order valence-electron chi connectivity index (χ1n) is 11.3. The molecule has 176 valence electrons. The van der Waals surface area contributed by atoms with Crippen LogP contribution in [0.4, 0.5) is 0 Å². The minimum absolute atomic E-state index is 0.0915. The van der Waals surface area contributed by atoms with Crippen LogP contribution in [0.5, 0.6) is 5.75 Å². The number of aliphatic imine (C=N–C) groups is 1. The second kappa shape index (κ2) is 9.31. The summed E-state index contributed by atoms with van der Waals surface area (Å²) < 4.78 is 5.70. The van der Waals surface area contributed by atoms with Gasteiger partial charge in [0.15, 0.2) is 0 Å². The molecule has 1 aromatic rings. The first kappa shape index (κ1) is 23.5. The average Bonchev–Trinajstić information content (AvgIpc) is 3.59. The molecule has 33 heavy (non-hydrogen) atoms. The summed E-state index contributed by atoms with van der Waals surface area (Å²) in [4.78, 5) is 17.2. The van der Waals surface area contributed by atoms with Crippen molar-refractivity contribution in [1.29, 1.82) is 0 Å². The lowest BCUT2D eigenvalue weighted by molar-refractivity contribution is 0.0903. The van der Waals surface area contributed by atoms with E-state index in [0.29, 0.717) is 22.9 Å². The monoisotopic (exact) mass is 470 g/mol. The van der Waals surface area contributed by atoms with Gasteiger partial charge in [-0.2, -0.15) is 5.10 Å². The van der Waals surface area contributed by atoms with Gasteiger partial charge in [0, 0.05) is 23.6 Å². The number of hydrogen-bond acceptors (Lipinski definition) is 6. The SMILES string of the molecule is COc1cc(C(=O)NC2CC2)ccc1C1=CC(C)CC=C2C(=NCC(C)(C)O)CC(Cl)=NN21. The summed E-state index contributed by atoms with van der Waals surface area (Å²) in [6.45, 7) is 5.86. The van der Waals surface area contributed by atoms with Gasteiger partial charge in [-0.1, -0.05) is 30.7 Å². The van der Waals surface area contributed by atoms with Crippen molar-refractivity contribution in [3.05, 3.63) is 47.2 Å². The minimum Gasteiger partial charge on any atom is -0.496 e. The molecule has 1 unspecified atom stereocenters. The van der Waals surface area contributed by atoms with Crippen molar-refractivity contribution >= 4 is 34.1 Å². The Labute approximate surface area is 199 Å². The van der Waals surface area contributed by atoms with Gasteiger partial charge in [0.1, 0.15) is 10.9 Å². The van der Waals surface area contributed by atoms with E-state index in [-0.39, 0.29) is 24.4 Å². The molecule has 0 spiro atoms. The molecule has 2 N–H and O–H groups in total. The highest BCUT2D eigenvalue weighted by Crippen LogP contribution is 2.38. The van der Waals surface area contributed by atoms with Crippen LogP contribution < -0.4 is 10.1 Å². The molecule has 0 radical (unpaired) electrons. The Morgan fingerprint density at radius 2 is 2.12 bits per heavy atom. The Balaban J connectivity index is 1.73. The van der Waals surface area contributed by atoms with Crippen LogP contribution >= 0.6 is 11.6 Å². The Kier molecular flexibility index (Phi) is 6.64. The quantitative estimate of drug-likeness (QED) is 0.648. The number of nitrogens with zero attached hydrogens (tertiary/aromatic N) is 3. The summed E-state index contributed by atoms with van der Waals surface area (Å²) in [5.41, 5.74) is 2.93. The first-order chi connectivity index (χ1) is 15.6. The maximum absolute atomic E-state index is 12.5. The van der Waals surface area contributed by atoms with E-state index in [1.807, 2.05) is 12.1 Å². The third-order valence-corrected chi connectivity index (χ3v) is 5.92. The molecule has 2 aliphatic heterocycles. The summed E-state index contributed by atoms with van der Waals surface area (Å²) in [5.74, 6) is 0.737. The highest BCUT2D eigenvalue weighted by Gasteiger charge is 2.31. The van der Waals surface area contributed by atoms with Crippen LogP contribution in [0.25, 0.3) is 5.70 Å². The highest BCUT2D eigenvalue weighted by atomic mass is 35.5. The topological polar surface area (TPSA) is 86.5 Å². The van der Waals surface area contributed by atoms with Crippen molar-refractivity contribution in [2.45, 2.75) is 58.1 Å². The van der Waals surface area contributed by atoms with E-state index < -0.39 is 5.60 Å². The van der Waals surface area contributed by atoms with E-state index in [4.69, 9.17) is 16.3 Å². The molecule has 8 heteroatoms. The van der Waals surface area contributed by atoms with Crippen molar-refractivity contribution < 1.29 is 14.6 Å². The van der Waals surface area contributed by atoms with E-state index >= 15 is 0 Å².